The predicted molar refractivity (Wildman–Crippen MR) is 101 cm³/mol. The summed E-state index contributed by atoms with van der Waals surface area (Å²) in [7, 11) is 0. The van der Waals surface area contributed by atoms with Gasteiger partial charge in [-0.25, -0.2) is 4.79 Å². The summed E-state index contributed by atoms with van der Waals surface area (Å²) in [6, 6.07) is 15.5. The molecule has 1 heterocycles. The average Bonchev–Trinajstić information content (AvgIpc) is 2.65. The molecule has 0 saturated carbocycles. The van der Waals surface area contributed by atoms with Crippen LogP contribution in [-0.4, -0.2) is 22.7 Å². The lowest BCUT2D eigenvalue weighted by Gasteiger charge is -2.10. The van der Waals surface area contributed by atoms with Crippen LogP contribution < -0.4 is 0 Å². The highest BCUT2D eigenvalue weighted by Crippen LogP contribution is 2.32. The Balaban J connectivity index is 2.08. The van der Waals surface area contributed by atoms with Crippen LogP contribution in [0.25, 0.3) is 21.9 Å². The van der Waals surface area contributed by atoms with Crippen LogP contribution in [-0.2, 0) is 4.74 Å². The lowest BCUT2D eigenvalue weighted by molar-refractivity contribution is 0.0489. The van der Waals surface area contributed by atoms with E-state index in [9.17, 15) is 9.90 Å². The van der Waals surface area contributed by atoms with Crippen LogP contribution in [0, 0.1) is 4.64 Å². The van der Waals surface area contributed by atoms with Crippen LogP contribution in [0.5, 0.6) is 5.75 Å². The molecule has 0 saturated heterocycles. The third-order valence-corrected chi connectivity index (χ3v) is 4.36. The summed E-state index contributed by atoms with van der Waals surface area (Å²) >= 11 is 5.34. The van der Waals surface area contributed by atoms with Crippen LogP contribution in [0.15, 0.2) is 48.5 Å². The van der Waals surface area contributed by atoms with Gasteiger partial charge < -0.3 is 14.8 Å². The van der Waals surface area contributed by atoms with Crippen molar-refractivity contribution in [2.45, 2.75) is 19.8 Å². The van der Waals surface area contributed by atoms with E-state index in [-0.39, 0.29) is 11.4 Å². The van der Waals surface area contributed by atoms with Gasteiger partial charge in [0.25, 0.3) is 0 Å². The number of aromatic amines is 1. The lowest BCUT2D eigenvalue weighted by atomic mass is 10.0. The molecule has 4 nitrogen and oxygen atoms in total. The number of benzene rings is 2. The van der Waals surface area contributed by atoms with Gasteiger partial charge in [0.2, 0.25) is 0 Å². The normalized spacial score (nSPS) is 10.8. The molecule has 128 valence electrons. The second kappa shape index (κ2) is 7.49. The first-order valence-electron chi connectivity index (χ1n) is 8.23. The maximum absolute atomic E-state index is 12.2. The number of hydrogen-bond donors (Lipinski definition) is 2. The van der Waals surface area contributed by atoms with Crippen molar-refractivity contribution in [3.63, 3.8) is 0 Å². The monoisotopic (exact) mass is 353 g/mol. The molecule has 2 aromatic carbocycles. The number of fused-ring (bicyclic) bond motifs is 1. The van der Waals surface area contributed by atoms with Gasteiger partial charge in [0.1, 0.15) is 4.64 Å². The Morgan fingerprint density at radius 1 is 1.12 bits per heavy atom. The van der Waals surface area contributed by atoms with Crippen molar-refractivity contribution in [1.82, 2.24) is 4.98 Å². The Morgan fingerprint density at radius 3 is 2.60 bits per heavy atom. The fourth-order valence-corrected chi connectivity index (χ4v) is 2.93. The van der Waals surface area contributed by atoms with Crippen molar-refractivity contribution in [1.29, 1.82) is 0 Å². The fraction of sp³-hybridized carbons (Fsp3) is 0.200. The highest BCUT2D eigenvalue weighted by molar-refractivity contribution is 7.71. The minimum absolute atomic E-state index is 0.00110. The highest BCUT2D eigenvalue weighted by atomic mass is 32.1. The topological polar surface area (TPSA) is 62.3 Å². The Bertz CT molecular complexity index is 964. The molecule has 0 radical (unpaired) electrons. The smallest absolute Gasteiger partial charge is 0.358 e. The summed E-state index contributed by atoms with van der Waals surface area (Å²) in [5.41, 5.74) is 1.96. The van der Waals surface area contributed by atoms with Gasteiger partial charge in [0.05, 0.1) is 6.61 Å². The van der Waals surface area contributed by atoms with Gasteiger partial charge >= 0.3 is 5.97 Å². The number of H-pyrrole nitrogens is 1. The molecule has 0 atom stereocenters. The van der Waals surface area contributed by atoms with Gasteiger partial charge in [-0.2, -0.15) is 0 Å². The van der Waals surface area contributed by atoms with Gasteiger partial charge in [0, 0.05) is 10.8 Å². The van der Waals surface area contributed by atoms with Crippen LogP contribution in [0.1, 0.15) is 30.3 Å². The van der Waals surface area contributed by atoms with E-state index in [1.165, 1.54) is 0 Å². The van der Waals surface area contributed by atoms with Crippen LogP contribution in [0.2, 0.25) is 0 Å². The van der Waals surface area contributed by atoms with Crippen molar-refractivity contribution in [3.05, 3.63) is 58.9 Å². The van der Waals surface area contributed by atoms with Crippen molar-refractivity contribution in [2.24, 2.45) is 0 Å². The summed E-state index contributed by atoms with van der Waals surface area (Å²) in [6.07, 6.45) is 1.70. The third kappa shape index (κ3) is 3.56. The van der Waals surface area contributed by atoms with E-state index in [1.54, 1.807) is 0 Å². The van der Waals surface area contributed by atoms with Crippen molar-refractivity contribution < 1.29 is 14.6 Å². The minimum Gasteiger partial charge on any atom is -0.505 e. The molecule has 0 fully saturated rings. The van der Waals surface area contributed by atoms with Gasteiger partial charge in [0.15, 0.2) is 11.4 Å². The number of nitrogens with one attached hydrogen (secondary N) is 1. The molecule has 0 aliphatic heterocycles. The Hall–Kier alpha value is -2.66. The summed E-state index contributed by atoms with van der Waals surface area (Å²) < 4.78 is 5.59. The molecular weight excluding hydrogens is 334 g/mol. The molecule has 0 bridgehead atoms. The van der Waals surface area contributed by atoms with Gasteiger partial charge in [-0.05, 0) is 23.6 Å². The maximum Gasteiger partial charge on any atom is 0.358 e. The second-order valence-corrected chi connectivity index (χ2v) is 6.20. The number of carbonyl (C=O) groups is 1. The average molecular weight is 353 g/mol. The summed E-state index contributed by atoms with van der Waals surface area (Å²) in [5, 5.41) is 11.8. The van der Waals surface area contributed by atoms with E-state index < -0.39 is 5.97 Å². The number of rotatable bonds is 5. The summed E-state index contributed by atoms with van der Waals surface area (Å²) in [4.78, 5) is 15.0. The van der Waals surface area contributed by atoms with E-state index in [0.29, 0.717) is 22.0 Å². The first-order valence-corrected chi connectivity index (χ1v) is 8.64. The van der Waals surface area contributed by atoms with E-state index in [4.69, 9.17) is 17.0 Å². The Kier molecular flexibility index (Phi) is 5.14. The zero-order valence-electron chi connectivity index (χ0n) is 13.9. The van der Waals surface area contributed by atoms with Crippen molar-refractivity contribution >= 4 is 29.0 Å². The third-order valence-electron chi connectivity index (χ3n) is 4.04. The largest absolute Gasteiger partial charge is 0.505 e. The van der Waals surface area contributed by atoms with Gasteiger partial charge in [-0.3, -0.25) is 0 Å². The molecule has 3 rings (SSSR count). The van der Waals surface area contributed by atoms with Crippen molar-refractivity contribution in [3.8, 4) is 16.9 Å². The first kappa shape index (κ1) is 17.2. The highest BCUT2D eigenvalue weighted by Gasteiger charge is 2.17. The molecule has 0 aliphatic rings. The Morgan fingerprint density at radius 2 is 1.88 bits per heavy atom. The van der Waals surface area contributed by atoms with E-state index in [1.807, 2.05) is 55.5 Å². The number of aromatic hydroxyl groups is 1. The molecule has 3 aromatic rings. The van der Waals surface area contributed by atoms with Crippen LogP contribution >= 0.6 is 12.2 Å². The molecule has 0 spiro atoms. The Labute approximate surface area is 151 Å². The van der Waals surface area contributed by atoms with Crippen molar-refractivity contribution in [2.75, 3.05) is 6.61 Å². The van der Waals surface area contributed by atoms with E-state index in [0.717, 1.165) is 24.0 Å². The number of ether oxygens (including phenoxy) is 1. The maximum atomic E-state index is 12.2. The molecule has 25 heavy (non-hydrogen) atoms. The van der Waals surface area contributed by atoms with Crippen LogP contribution in [0.4, 0.5) is 0 Å². The quantitative estimate of drug-likeness (QED) is 0.375. The van der Waals surface area contributed by atoms with E-state index in [2.05, 4.69) is 4.98 Å². The van der Waals surface area contributed by atoms with E-state index >= 15 is 0 Å². The molecule has 0 unspecified atom stereocenters. The molecule has 1 aromatic heterocycles. The number of hydrogen-bond acceptors (Lipinski definition) is 4. The number of pyridine rings is 1. The SMILES string of the molecule is CCCCOC(=O)c1[nH]c(=S)c2ccc(-c3ccccc3)cc2c1O. The standard InChI is InChI=1S/C20H19NO3S/c1-2-3-11-24-20(23)17-18(22)16-12-14(13-7-5-4-6-8-13)9-10-15(16)19(25)21-17/h4-10,12,22H,2-3,11H2,1H3,(H,21,25). The molecule has 2 N–H and O–H groups in total. The number of aromatic nitrogens is 1. The zero-order valence-corrected chi connectivity index (χ0v) is 14.7. The number of esters is 1. The fourth-order valence-electron chi connectivity index (χ4n) is 2.65. The summed E-state index contributed by atoms with van der Waals surface area (Å²) in [6.45, 7) is 2.33. The first-order chi connectivity index (χ1) is 12.1. The predicted octanol–water partition coefficient (Wildman–Crippen LogP) is 5.23. The number of unbranched alkanes of at least 4 members (excludes halogenated alkanes) is 1. The summed E-state index contributed by atoms with van der Waals surface area (Å²) in [5.74, 6) is -0.730. The number of carbonyl (C=O) groups excluding carboxylic acids is 1. The molecule has 5 heteroatoms. The van der Waals surface area contributed by atoms with Crippen LogP contribution in [0.3, 0.4) is 0 Å². The van der Waals surface area contributed by atoms with Gasteiger partial charge in [-0.15, -0.1) is 0 Å². The minimum atomic E-state index is -0.593. The molecular formula is C20H19NO3S. The zero-order chi connectivity index (χ0) is 17.8. The van der Waals surface area contributed by atoms with Gasteiger partial charge in [-0.1, -0.05) is 68.0 Å². The second-order valence-electron chi connectivity index (χ2n) is 5.79. The molecule has 0 amide bonds. The lowest BCUT2D eigenvalue weighted by Crippen LogP contribution is -2.09. The molecule has 0 aliphatic carbocycles.